The van der Waals surface area contributed by atoms with E-state index in [0.29, 0.717) is 24.0 Å². The van der Waals surface area contributed by atoms with Crippen molar-refractivity contribution in [2.75, 3.05) is 5.32 Å². The standard InChI is InChI=1S/C28H23N3O3S/c29-16-17-5-14-25-24(15-17)31-28(35-25)30-21-12-10-19(11-13-21)18-6-8-20(9-7-18)26(32)22-3-1-2-4-23(22)27(33)34/h5-15,22-23H,1-4H2,(H,30,31)(H,33,34)/t22?,23-/m0/s1. The van der Waals surface area contributed by atoms with Crippen molar-refractivity contribution in [1.82, 2.24) is 4.98 Å². The zero-order chi connectivity index (χ0) is 24.4. The summed E-state index contributed by atoms with van der Waals surface area (Å²) in [5.74, 6) is -1.96. The molecule has 6 nitrogen and oxygen atoms in total. The molecule has 35 heavy (non-hydrogen) atoms. The summed E-state index contributed by atoms with van der Waals surface area (Å²) in [6, 6.07) is 23.0. The number of carbonyl (C=O) groups excluding carboxylic acids is 1. The van der Waals surface area contributed by atoms with Gasteiger partial charge < -0.3 is 10.4 Å². The van der Waals surface area contributed by atoms with Gasteiger partial charge >= 0.3 is 5.97 Å². The third-order valence-corrected chi connectivity index (χ3v) is 7.53. The topological polar surface area (TPSA) is 103 Å². The molecule has 0 saturated heterocycles. The smallest absolute Gasteiger partial charge is 0.307 e. The summed E-state index contributed by atoms with van der Waals surface area (Å²) >= 11 is 1.53. The first-order chi connectivity index (χ1) is 17.0. The summed E-state index contributed by atoms with van der Waals surface area (Å²) in [5.41, 5.74) is 4.85. The van der Waals surface area contributed by atoms with E-state index >= 15 is 0 Å². The van der Waals surface area contributed by atoms with E-state index in [9.17, 15) is 14.7 Å². The maximum Gasteiger partial charge on any atom is 0.307 e. The molecule has 1 aromatic heterocycles. The summed E-state index contributed by atoms with van der Waals surface area (Å²) in [6.07, 6.45) is 2.98. The Bertz CT molecular complexity index is 1440. The molecule has 4 aromatic rings. The second kappa shape index (κ2) is 9.69. The fraction of sp³-hybridized carbons (Fsp3) is 0.214. The van der Waals surface area contributed by atoms with E-state index in [1.807, 2.05) is 42.5 Å². The predicted molar refractivity (Wildman–Crippen MR) is 137 cm³/mol. The van der Waals surface area contributed by atoms with E-state index in [1.54, 1.807) is 24.3 Å². The highest BCUT2D eigenvalue weighted by atomic mass is 32.1. The number of fused-ring (bicyclic) bond motifs is 1. The lowest BCUT2D eigenvalue weighted by Gasteiger charge is -2.27. The molecule has 3 aromatic carbocycles. The highest BCUT2D eigenvalue weighted by molar-refractivity contribution is 7.22. The van der Waals surface area contributed by atoms with Gasteiger partial charge in [-0.15, -0.1) is 0 Å². The lowest BCUT2D eigenvalue weighted by atomic mass is 9.75. The number of benzene rings is 3. The number of anilines is 2. The Morgan fingerprint density at radius 2 is 1.60 bits per heavy atom. The largest absolute Gasteiger partial charge is 0.481 e. The number of nitriles is 1. The van der Waals surface area contributed by atoms with Crippen molar-refractivity contribution >= 4 is 44.1 Å². The van der Waals surface area contributed by atoms with Crippen LogP contribution in [0.2, 0.25) is 0 Å². The van der Waals surface area contributed by atoms with Crippen LogP contribution in [0.1, 0.15) is 41.6 Å². The van der Waals surface area contributed by atoms with Gasteiger partial charge in [0.2, 0.25) is 0 Å². The molecule has 1 fully saturated rings. The number of carbonyl (C=O) groups is 2. The normalized spacial score (nSPS) is 17.6. The Morgan fingerprint density at radius 1 is 0.943 bits per heavy atom. The van der Waals surface area contributed by atoms with E-state index in [1.165, 1.54) is 11.3 Å². The SMILES string of the molecule is N#Cc1ccc2sc(Nc3ccc(-c4ccc(C(=O)C5CCCC[C@@H]5C(=O)O)cc4)cc3)nc2c1. The van der Waals surface area contributed by atoms with Crippen molar-refractivity contribution in [2.24, 2.45) is 11.8 Å². The van der Waals surface area contributed by atoms with Gasteiger partial charge in [-0.3, -0.25) is 9.59 Å². The highest BCUT2D eigenvalue weighted by Gasteiger charge is 2.35. The molecule has 1 aliphatic rings. The fourth-order valence-corrected chi connectivity index (χ4v) is 5.57. The van der Waals surface area contributed by atoms with Crippen LogP contribution in [0.3, 0.4) is 0 Å². The summed E-state index contributed by atoms with van der Waals surface area (Å²) in [6.45, 7) is 0. The van der Waals surface area contributed by atoms with Crippen molar-refractivity contribution in [3.63, 3.8) is 0 Å². The Hall–Kier alpha value is -4.02. The molecule has 1 heterocycles. The second-order valence-corrected chi connectivity index (χ2v) is 9.82. The average molecular weight is 482 g/mol. The van der Waals surface area contributed by atoms with Gasteiger partial charge in [0, 0.05) is 17.2 Å². The Labute approximate surface area is 206 Å². The van der Waals surface area contributed by atoms with Crippen LogP contribution in [-0.2, 0) is 4.79 Å². The zero-order valence-corrected chi connectivity index (χ0v) is 19.7. The van der Waals surface area contributed by atoms with Crippen LogP contribution in [0.5, 0.6) is 0 Å². The molecule has 0 spiro atoms. The molecule has 5 rings (SSSR count). The molecule has 1 saturated carbocycles. The molecule has 2 atom stereocenters. The van der Waals surface area contributed by atoms with Gasteiger partial charge in [-0.1, -0.05) is 60.6 Å². The second-order valence-electron chi connectivity index (χ2n) is 8.79. The number of rotatable bonds is 6. The first-order valence-corrected chi connectivity index (χ1v) is 12.4. The lowest BCUT2D eigenvalue weighted by Crippen LogP contribution is -2.32. The molecule has 174 valence electrons. The van der Waals surface area contributed by atoms with E-state index < -0.39 is 17.8 Å². The van der Waals surface area contributed by atoms with Crippen LogP contribution in [0.4, 0.5) is 10.8 Å². The van der Waals surface area contributed by atoms with Crippen LogP contribution in [-0.4, -0.2) is 21.8 Å². The fourth-order valence-electron chi connectivity index (χ4n) is 4.70. The molecule has 7 heteroatoms. The predicted octanol–water partition coefficient (Wildman–Crippen LogP) is 6.65. The van der Waals surface area contributed by atoms with E-state index in [0.717, 1.165) is 45.0 Å². The van der Waals surface area contributed by atoms with Crippen molar-refractivity contribution in [2.45, 2.75) is 25.7 Å². The Balaban J connectivity index is 1.28. The number of Topliss-reactive ketones (excluding diaryl/α,β-unsaturated/α-hetero) is 1. The number of nitrogens with one attached hydrogen (secondary N) is 1. The molecule has 1 unspecified atom stereocenters. The molecule has 0 bridgehead atoms. The maximum atomic E-state index is 13.0. The van der Waals surface area contributed by atoms with Gasteiger partial charge in [0.05, 0.1) is 27.8 Å². The van der Waals surface area contributed by atoms with Crippen molar-refractivity contribution in [3.05, 3.63) is 77.9 Å². The molecule has 1 aliphatic carbocycles. The van der Waals surface area contributed by atoms with Crippen molar-refractivity contribution in [1.29, 1.82) is 5.26 Å². The molecule has 0 aliphatic heterocycles. The number of aliphatic carboxylic acids is 1. The summed E-state index contributed by atoms with van der Waals surface area (Å²) in [7, 11) is 0. The summed E-state index contributed by atoms with van der Waals surface area (Å²) < 4.78 is 1.01. The number of carboxylic acids is 1. The average Bonchev–Trinajstić information content (AvgIpc) is 3.30. The zero-order valence-electron chi connectivity index (χ0n) is 18.9. The number of hydrogen-bond donors (Lipinski definition) is 2. The molecular weight excluding hydrogens is 458 g/mol. The Morgan fingerprint density at radius 3 is 2.26 bits per heavy atom. The van der Waals surface area contributed by atoms with Crippen molar-refractivity contribution < 1.29 is 14.7 Å². The lowest BCUT2D eigenvalue weighted by molar-refractivity contribution is -0.144. The summed E-state index contributed by atoms with van der Waals surface area (Å²) in [5, 5.41) is 22.6. The minimum atomic E-state index is -0.869. The molecule has 0 radical (unpaired) electrons. The third kappa shape index (κ3) is 4.79. The van der Waals surface area contributed by atoms with Gasteiger partial charge in [0.1, 0.15) is 0 Å². The van der Waals surface area contributed by atoms with Gasteiger partial charge in [0.25, 0.3) is 0 Å². The van der Waals surface area contributed by atoms with Crippen molar-refractivity contribution in [3.8, 4) is 17.2 Å². The Kier molecular flexibility index (Phi) is 6.30. The van der Waals surface area contributed by atoms with Crippen LogP contribution in [0.25, 0.3) is 21.3 Å². The number of ketones is 1. The van der Waals surface area contributed by atoms with Crippen LogP contribution in [0, 0.1) is 23.2 Å². The van der Waals surface area contributed by atoms with Crippen LogP contribution >= 0.6 is 11.3 Å². The first kappa shape index (κ1) is 22.8. The first-order valence-electron chi connectivity index (χ1n) is 11.6. The summed E-state index contributed by atoms with van der Waals surface area (Å²) in [4.78, 5) is 29.1. The maximum absolute atomic E-state index is 13.0. The minimum Gasteiger partial charge on any atom is -0.481 e. The number of carboxylic acid groups (broad SMARTS) is 1. The van der Waals surface area contributed by atoms with Gasteiger partial charge in [-0.25, -0.2) is 4.98 Å². The third-order valence-electron chi connectivity index (χ3n) is 6.58. The van der Waals surface area contributed by atoms with E-state index in [2.05, 4.69) is 16.4 Å². The number of aromatic nitrogens is 1. The molecule has 2 N–H and O–H groups in total. The van der Waals surface area contributed by atoms with Gasteiger partial charge in [-0.2, -0.15) is 5.26 Å². The van der Waals surface area contributed by atoms with Gasteiger partial charge in [-0.05, 0) is 54.3 Å². The quantitative estimate of drug-likeness (QED) is 0.299. The number of thiazole rings is 1. The molecule has 0 amide bonds. The molecular formula is C28H23N3O3S. The van der Waals surface area contributed by atoms with E-state index in [4.69, 9.17) is 5.26 Å². The number of hydrogen-bond acceptors (Lipinski definition) is 6. The highest BCUT2D eigenvalue weighted by Crippen LogP contribution is 2.34. The van der Waals surface area contributed by atoms with Crippen LogP contribution in [0.15, 0.2) is 66.7 Å². The van der Waals surface area contributed by atoms with Crippen LogP contribution < -0.4 is 5.32 Å². The van der Waals surface area contributed by atoms with Gasteiger partial charge in [0.15, 0.2) is 10.9 Å². The van der Waals surface area contributed by atoms with E-state index in [-0.39, 0.29) is 5.78 Å². The number of nitrogens with zero attached hydrogens (tertiary/aromatic N) is 2. The monoisotopic (exact) mass is 481 g/mol. The minimum absolute atomic E-state index is 0.0686.